The maximum absolute atomic E-state index is 13.2. The second-order valence-corrected chi connectivity index (χ2v) is 8.07. The molecule has 0 aliphatic carbocycles. The fourth-order valence-corrected chi connectivity index (χ4v) is 5.33. The summed E-state index contributed by atoms with van der Waals surface area (Å²) >= 11 is 3.90. The second-order valence-electron chi connectivity index (χ2n) is 5.35. The van der Waals surface area contributed by atoms with Gasteiger partial charge in [-0.15, -0.1) is 23.5 Å². The number of rotatable bonds is 4. The Morgan fingerprint density at radius 2 is 1.88 bits per heavy atom. The number of carbonyl (C=O) groups excluding carboxylic acids is 1. The summed E-state index contributed by atoms with van der Waals surface area (Å²) in [6, 6.07) is 11.7. The fourth-order valence-electron chi connectivity index (χ4n) is 2.43. The van der Waals surface area contributed by atoms with E-state index in [0.717, 1.165) is 0 Å². The SMILES string of the molecule is COc1cc(F)ccc1NC(=O)c1ccc(C2SCCCS2)cc1. The molecule has 1 aliphatic heterocycles. The van der Waals surface area contributed by atoms with Gasteiger partial charge in [0.2, 0.25) is 0 Å². The highest BCUT2D eigenvalue weighted by Crippen LogP contribution is 2.43. The van der Waals surface area contributed by atoms with E-state index in [0.29, 0.717) is 21.6 Å². The smallest absolute Gasteiger partial charge is 0.255 e. The van der Waals surface area contributed by atoms with Gasteiger partial charge in [-0.05, 0) is 47.8 Å². The fraction of sp³-hybridized carbons (Fsp3) is 0.278. The third-order valence-electron chi connectivity index (χ3n) is 3.68. The van der Waals surface area contributed by atoms with E-state index >= 15 is 0 Å². The quantitative estimate of drug-likeness (QED) is 0.834. The standard InChI is InChI=1S/C18H18FNO2S2/c1-22-16-11-14(19)7-8-15(16)20-17(21)12-3-5-13(6-4-12)18-23-9-2-10-24-18/h3-8,11,18H,2,9-10H2,1H3,(H,20,21). The van der Waals surface area contributed by atoms with Gasteiger partial charge in [0.1, 0.15) is 11.6 Å². The Balaban J connectivity index is 1.71. The zero-order valence-electron chi connectivity index (χ0n) is 13.3. The van der Waals surface area contributed by atoms with E-state index in [1.165, 1.54) is 48.8 Å². The number of amides is 1. The molecule has 1 fully saturated rings. The van der Waals surface area contributed by atoms with Crippen LogP contribution >= 0.6 is 23.5 Å². The van der Waals surface area contributed by atoms with Gasteiger partial charge in [0.15, 0.2) is 0 Å². The monoisotopic (exact) mass is 363 g/mol. The van der Waals surface area contributed by atoms with Crippen molar-refractivity contribution in [2.24, 2.45) is 0 Å². The molecule has 2 aromatic carbocycles. The van der Waals surface area contributed by atoms with Gasteiger partial charge in [-0.25, -0.2) is 4.39 Å². The molecule has 1 aliphatic rings. The van der Waals surface area contributed by atoms with Crippen LogP contribution in [0.2, 0.25) is 0 Å². The third kappa shape index (κ3) is 4.05. The number of carbonyl (C=O) groups is 1. The molecule has 0 radical (unpaired) electrons. The van der Waals surface area contributed by atoms with Crippen molar-refractivity contribution in [1.82, 2.24) is 0 Å². The van der Waals surface area contributed by atoms with Crippen LogP contribution in [0, 0.1) is 5.82 Å². The third-order valence-corrected chi connectivity index (χ3v) is 6.70. The van der Waals surface area contributed by atoms with Gasteiger partial charge in [-0.2, -0.15) is 0 Å². The summed E-state index contributed by atoms with van der Waals surface area (Å²) in [5, 5.41) is 2.76. The van der Waals surface area contributed by atoms with Crippen LogP contribution in [0.15, 0.2) is 42.5 Å². The molecule has 0 unspecified atom stereocenters. The topological polar surface area (TPSA) is 38.3 Å². The van der Waals surface area contributed by atoms with Crippen LogP contribution in [0.25, 0.3) is 0 Å². The van der Waals surface area contributed by atoms with Crippen molar-refractivity contribution in [2.45, 2.75) is 11.0 Å². The first kappa shape index (κ1) is 17.2. The Morgan fingerprint density at radius 1 is 1.17 bits per heavy atom. The van der Waals surface area contributed by atoms with Crippen LogP contribution in [0.3, 0.4) is 0 Å². The summed E-state index contributed by atoms with van der Waals surface area (Å²) in [4.78, 5) is 12.4. The van der Waals surface area contributed by atoms with Gasteiger partial charge in [0, 0.05) is 11.6 Å². The van der Waals surface area contributed by atoms with Gasteiger partial charge in [-0.3, -0.25) is 4.79 Å². The molecule has 0 bridgehead atoms. The van der Waals surface area contributed by atoms with E-state index in [9.17, 15) is 9.18 Å². The zero-order valence-corrected chi connectivity index (χ0v) is 14.9. The van der Waals surface area contributed by atoms with E-state index in [1.807, 2.05) is 47.8 Å². The van der Waals surface area contributed by atoms with Crippen molar-refractivity contribution in [3.8, 4) is 5.75 Å². The highest BCUT2D eigenvalue weighted by atomic mass is 32.2. The van der Waals surface area contributed by atoms with Crippen LogP contribution < -0.4 is 10.1 Å². The number of halogens is 1. The average molecular weight is 363 g/mol. The molecule has 1 saturated heterocycles. The number of nitrogens with one attached hydrogen (secondary N) is 1. The number of benzene rings is 2. The minimum Gasteiger partial charge on any atom is -0.494 e. The Kier molecular flexibility index (Phi) is 5.68. The molecular weight excluding hydrogens is 345 g/mol. The van der Waals surface area contributed by atoms with Crippen LogP contribution in [-0.4, -0.2) is 24.5 Å². The zero-order chi connectivity index (χ0) is 16.9. The van der Waals surface area contributed by atoms with Crippen molar-refractivity contribution >= 4 is 35.1 Å². The van der Waals surface area contributed by atoms with E-state index in [2.05, 4.69) is 5.32 Å². The van der Waals surface area contributed by atoms with Gasteiger partial charge in [0.25, 0.3) is 5.91 Å². The summed E-state index contributed by atoms with van der Waals surface area (Å²) < 4.78 is 18.8. The van der Waals surface area contributed by atoms with Crippen molar-refractivity contribution < 1.29 is 13.9 Å². The van der Waals surface area contributed by atoms with Crippen molar-refractivity contribution in [1.29, 1.82) is 0 Å². The Bertz CT molecular complexity index is 715. The lowest BCUT2D eigenvalue weighted by Crippen LogP contribution is -2.13. The summed E-state index contributed by atoms with van der Waals surface area (Å²) in [6.07, 6.45) is 1.26. The maximum atomic E-state index is 13.2. The van der Waals surface area contributed by atoms with E-state index < -0.39 is 5.82 Å². The van der Waals surface area contributed by atoms with Crippen LogP contribution in [0.1, 0.15) is 26.9 Å². The maximum Gasteiger partial charge on any atom is 0.255 e. The molecule has 0 aromatic heterocycles. The van der Waals surface area contributed by atoms with Crippen molar-refractivity contribution in [3.05, 3.63) is 59.4 Å². The second kappa shape index (κ2) is 7.94. The summed E-state index contributed by atoms with van der Waals surface area (Å²) in [5.41, 5.74) is 2.25. The van der Waals surface area contributed by atoms with Crippen LogP contribution in [0.5, 0.6) is 5.75 Å². The van der Waals surface area contributed by atoms with Gasteiger partial charge < -0.3 is 10.1 Å². The lowest BCUT2D eigenvalue weighted by Gasteiger charge is -2.21. The summed E-state index contributed by atoms with van der Waals surface area (Å²) in [7, 11) is 1.44. The summed E-state index contributed by atoms with van der Waals surface area (Å²) in [6.45, 7) is 0. The number of anilines is 1. The molecule has 1 amide bonds. The average Bonchev–Trinajstić information content (AvgIpc) is 2.64. The molecule has 3 nitrogen and oxygen atoms in total. The molecular formula is C18H18FNO2S2. The molecule has 6 heteroatoms. The number of hydrogen-bond donors (Lipinski definition) is 1. The lowest BCUT2D eigenvalue weighted by molar-refractivity contribution is 0.102. The Morgan fingerprint density at radius 3 is 2.54 bits per heavy atom. The first-order valence-electron chi connectivity index (χ1n) is 7.65. The van der Waals surface area contributed by atoms with Gasteiger partial charge in [0.05, 0.1) is 17.4 Å². The molecule has 3 rings (SSSR count). The Hall–Kier alpha value is -1.66. The van der Waals surface area contributed by atoms with Crippen molar-refractivity contribution in [3.63, 3.8) is 0 Å². The minimum absolute atomic E-state index is 0.240. The molecule has 2 aromatic rings. The molecule has 0 atom stereocenters. The van der Waals surface area contributed by atoms with Crippen molar-refractivity contribution in [2.75, 3.05) is 23.9 Å². The first-order valence-corrected chi connectivity index (χ1v) is 9.75. The normalized spacial score (nSPS) is 15.1. The predicted molar refractivity (Wildman–Crippen MR) is 99.6 cm³/mol. The summed E-state index contributed by atoms with van der Waals surface area (Å²) in [5.74, 6) is 2.02. The number of thioether (sulfide) groups is 2. The molecule has 1 heterocycles. The highest BCUT2D eigenvalue weighted by Gasteiger charge is 2.17. The molecule has 0 saturated carbocycles. The van der Waals surface area contributed by atoms with E-state index in [4.69, 9.17) is 4.74 Å². The van der Waals surface area contributed by atoms with Gasteiger partial charge >= 0.3 is 0 Å². The first-order chi connectivity index (χ1) is 11.7. The predicted octanol–water partition coefficient (Wildman–Crippen LogP) is 4.96. The van der Waals surface area contributed by atoms with Crippen LogP contribution in [-0.2, 0) is 0 Å². The molecule has 24 heavy (non-hydrogen) atoms. The largest absolute Gasteiger partial charge is 0.494 e. The lowest BCUT2D eigenvalue weighted by atomic mass is 10.1. The van der Waals surface area contributed by atoms with Gasteiger partial charge in [-0.1, -0.05) is 12.1 Å². The van der Waals surface area contributed by atoms with Crippen LogP contribution in [0.4, 0.5) is 10.1 Å². The Labute approximate surface area is 149 Å². The molecule has 126 valence electrons. The van der Waals surface area contributed by atoms with E-state index in [-0.39, 0.29) is 5.91 Å². The minimum atomic E-state index is -0.406. The van der Waals surface area contributed by atoms with E-state index in [1.54, 1.807) is 0 Å². The number of methoxy groups -OCH3 is 1. The number of hydrogen-bond acceptors (Lipinski definition) is 4. The molecule has 0 spiro atoms. The number of ether oxygens (including phenoxy) is 1. The molecule has 1 N–H and O–H groups in total. The highest BCUT2D eigenvalue weighted by molar-refractivity contribution is 8.16.